The summed E-state index contributed by atoms with van der Waals surface area (Å²) >= 11 is 0. The van der Waals surface area contributed by atoms with Crippen molar-refractivity contribution in [1.29, 1.82) is 0 Å². The maximum Gasteiger partial charge on any atom is 0.254 e. The first-order chi connectivity index (χ1) is 12.4. The van der Waals surface area contributed by atoms with Crippen molar-refractivity contribution in [3.8, 4) is 0 Å². The van der Waals surface area contributed by atoms with E-state index in [-0.39, 0.29) is 11.7 Å². The normalized spacial score (nSPS) is 20.5. The predicted octanol–water partition coefficient (Wildman–Crippen LogP) is 0.964. The fourth-order valence-electron chi connectivity index (χ4n) is 3.11. The van der Waals surface area contributed by atoms with Crippen molar-refractivity contribution in [3.63, 3.8) is 0 Å². The average molecular weight is 354 g/mol. The molecule has 2 aliphatic rings. The second kappa shape index (κ2) is 7.09. The summed E-state index contributed by atoms with van der Waals surface area (Å²) in [6.45, 7) is 4.15. The maximum absolute atomic E-state index is 12.5. The molecule has 8 heteroatoms. The third-order valence-electron chi connectivity index (χ3n) is 4.28. The Labute approximate surface area is 151 Å². The number of hydrogen-bond donors (Lipinski definition) is 3. The minimum Gasteiger partial charge on any atom is -0.359 e. The lowest BCUT2D eigenvalue weighted by molar-refractivity contribution is -0.120. The van der Waals surface area contributed by atoms with Crippen LogP contribution in [0.3, 0.4) is 0 Å². The van der Waals surface area contributed by atoms with Gasteiger partial charge in [0.25, 0.3) is 5.91 Å². The van der Waals surface area contributed by atoms with Crippen molar-refractivity contribution < 1.29 is 9.59 Å². The number of Topliss-reactive ketones (excluding diaryl/α,β-unsaturated/α-hetero) is 1. The summed E-state index contributed by atoms with van der Waals surface area (Å²) in [7, 11) is 3.74. The number of nitrogens with zero attached hydrogens (tertiary/aromatic N) is 3. The van der Waals surface area contributed by atoms with E-state index < -0.39 is 5.92 Å². The van der Waals surface area contributed by atoms with Crippen molar-refractivity contribution in [2.24, 2.45) is 16.0 Å². The summed E-state index contributed by atoms with van der Waals surface area (Å²) < 4.78 is 0. The number of rotatable bonds is 5. The fourth-order valence-corrected chi connectivity index (χ4v) is 3.11. The van der Waals surface area contributed by atoms with E-state index in [0.29, 0.717) is 23.5 Å². The molecule has 3 heterocycles. The number of aromatic amines is 1. The number of ketones is 1. The van der Waals surface area contributed by atoms with Crippen LogP contribution in [-0.4, -0.2) is 54.1 Å². The number of carbonyl (C=O) groups is 2. The molecule has 0 radical (unpaired) electrons. The molecule has 0 fully saturated rings. The molecule has 1 amide bonds. The summed E-state index contributed by atoms with van der Waals surface area (Å²) in [6.07, 6.45) is 6.71. The number of aryl methyl sites for hydroxylation is 1. The average Bonchev–Trinajstić information content (AvgIpc) is 3.11. The number of allylic oxidation sites excluding steroid dienone is 1. The van der Waals surface area contributed by atoms with E-state index in [4.69, 9.17) is 0 Å². The summed E-state index contributed by atoms with van der Waals surface area (Å²) in [5, 5.41) is 6.93. The lowest BCUT2D eigenvalue weighted by atomic mass is 9.99. The molecule has 3 rings (SSSR count). The molecule has 1 unspecified atom stereocenters. The van der Waals surface area contributed by atoms with Gasteiger partial charge in [0.15, 0.2) is 5.78 Å². The van der Waals surface area contributed by atoms with Crippen LogP contribution in [-0.2, 0) is 4.79 Å². The van der Waals surface area contributed by atoms with Gasteiger partial charge in [0.2, 0.25) is 0 Å². The van der Waals surface area contributed by atoms with E-state index in [1.165, 1.54) is 6.21 Å². The highest BCUT2D eigenvalue weighted by Crippen LogP contribution is 2.23. The molecule has 1 atom stereocenters. The zero-order valence-electron chi connectivity index (χ0n) is 15.3. The van der Waals surface area contributed by atoms with Crippen molar-refractivity contribution >= 4 is 29.7 Å². The third-order valence-corrected chi connectivity index (χ3v) is 4.28. The van der Waals surface area contributed by atoms with Gasteiger partial charge in [-0.05, 0) is 39.6 Å². The molecule has 0 saturated carbocycles. The highest BCUT2D eigenvalue weighted by molar-refractivity contribution is 6.24. The van der Waals surface area contributed by atoms with Gasteiger partial charge in [0, 0.05) is 35.6 Å². The molecule has 3 N–H and O–H groups in total. The number of carbonyl (C=O) groups excluding carboxylic acids is 2. The van der Waals surface area contributed by atoms with Crippen LogP contribution < -0.4 is 10.7 Å². The van der Waals surface area contributed by atoms with Gasteiger partial charge in [-0.3, -0.25) is 14.6 Å². The van der Waals surface area contributed by atoms with Gasteiger partial charge < -0.3 is 15.2 Å². The summed E-state index contributed by atoms with van der Waals surface area (Å²) in [4.78, 5) is 33.9. The highest BCUT2D eigenvalue weighted by atomic mass is 16.2. The number of hydrazone groups is 1. The molecular formula is C18H22N6O2. The Kier molecular flexibility index (Phi) is 4.85. The standard InChI is InChI=1S/C18H22N6O2/c1-10-13(22-11(2)16(10)15(25)9-24(3)4)7-14-17(20-6-5-19-14)12-8-21-23-18(12)26/h5-8,12,19,22H,9H2,1-4H3,(H,23,26). The molecule has 26 heavy (non-hydrogen) atoms. The molecule has 0 aliphatic carbocycles. The minimum absolute atomic E-state index is 0.0681. The molecule has 136 valence electrons. The van der Waals surface area contributed by atoms with Crippen molar-refractivity contribution in [2.75, 3.05) is 20.6 Å². The van der Waals surface area contributed by atoms with E-state index >= 15 is 0 Å². The largest absolute Gasteiger partial charge is 0.359 e. The second-order valence-corrected chi connectivity index (χ2v) is 6.59. The van der Waals surface area contributed by atoms with Crippen molar-refractivity contribution in [3.05, 3.63) is 40.6 Å². The minimum atomic E-state index is -0.537. The van der Waals surface area contributed by atoms with Gasteiger partial charge in [-0.2, -0.15) is 5.10 Å². The molecule has 1 aromatic heterocycles. The van der Waals surface area contributed by atoms with Gasteiger partial charge >= 0.3 is 0 Å². The lowest BCUT2D eigenvalue weighted by Crippen LogP contribution is -2.32. The molecule has 2 aliphatic heterocycles. The van der Waals surface area contributed by atoms with E-state index in [0.717, 1.165) is 17.0 Å². The number of nitrogens with one attached hydrogen (secondary N) is 3. The predicted molar refractivity (Wildman–Crippen MR) is 101 cm³/mol. The first-order valence-electron chi connectivity index (χ1n) is 8.30. The van der Waals surface area contributed by atoms with Gasteiger partial charge in [-0.1, -0.05) is 0 Å². The quantitative estimate of drug-likeness (QED) is 0.686. The lowest BCUT2D eigenvalue weighted by Gasteiger charge is -2.16. The molecule has 0 aromatic carbocycles. The topological polar surface area (TPSA) is 102 Å². The second-order valence-electron chi connectivity index (χ2n) is 6.59. The summed E-state index contributed by atoms with van der Waals surface area (Å²) in [5.74, 6) is -0.684. The Morgan fingerprint density at radius 3 is 2.77 bits per heavy atom. The SMILES string of the molecule is Cc1[nH]c(C=C2NC=CN=C2C2C=NNC2=O)c(C)c1C(=O)CN(C)C. The Bertz CT molecular complexity index is 872. The number of aromatic nitrogens is 1. The third kappa shape index (κ3) is 3.36. The number of amides is 1. The van der Waals surface area contributed by atoms with Crippen LogP contribution >= 0.6 is 0 Å². The zero-order chi connectivity index (χ0) is 18.8. The monoisotopic (exact) mass is 354 g/mol. The fraction of sp³-hybridized carbons (Fsp3) is 0.333. The maximum atomic E-state index is 12.5. The molecule has 0 bridgehead atoms. The molecule has 0 saturated heterocycles. The number of H-pyrrole nitrogens is 1. The van der Waals surface area contributed by atoms with Crippen molar-refractivity contribution in [2.45, 2.75) is 13.8 Å². The number of aliphatic imine (C=N–C) groups is 1. The summed E-state index contributed by atoms with van der Waals surface area (Å²) in [6, 6.07) is 0. The summed E-state index contributed by atoms with van der Waals surface area (Å²) in [5.41, 5.74) is 6.91. The molecule has 8 nitrogen and oxygen atoms in total. The van der Waals surface area contributed by atoms with Crippen LogP contribution in [0.15, 0.2) is 28.2 Å². The van der Waals surface area contributed by atoms with E-state index in [2.05, 4.69) is 25.8 Å². The van der Waals surface area contributed by atoms with Gasteiger partial charge in [-0.25, -0.2) is 5.43 Å². The molecular weight excluding hydrogens is 332 g/mol. The van der Waals surface area contributed by atoms with Gasteiger partial charge in [-0.15, -0.1) is 0 Å². The van der Waals surface area contributed by atoms with Gasteiger partial charge in [0.1, 0.15) is 5.92 Å². The van der Waals surface area contributed by atoms with Gasteiger partial charge in [0.05, 0.1) is 18.0 Å². The Morgan fingerprint density at radius 1 is 1.35 bits per heavy atom. The van der Waals surface area contributed by atoms with E-state index in [1.807, 2.05) is 38.9 Å². The highest BCUT2D eigenvalue weighted by Gasteiger charge is 2.30. The Hall–Kier alpha value is -3.00. The van der Waals surface area contributed by atoms with Crippen LogP contribution in [0.4, 0.5) is 0 Å². The van der Waals surface area contributed by atoms with E-state index in [1.54, 1.807) is 12.4 Å². The first-order valence-corrected chi connectivity index (χ1v) is 8.30. The van der Waals surface area contributed by atoms with Crippen LogP contribution in [0.2, 0.25) is 0 Å². The van der Waals surface area contributed by atoms with Crippen LogP contribution in [0.1, 0.15) is 27.3 Å². The van der Waals surface area contributed by atoms with Crippen LogP contribution in [0.5, 0.6) is 0 Å². The zero-order valence-corrected chi connectivity index (χ0v) is 15.3. The Balaban J connectivity index is 1.96. The van der Waals surface area contributed by atoms with Crippen LogP contribution in [0, 0.1) is 19.8 Å². The molecule has 1 aromatic rings. The first kappa shape index (κ1) is 17.8. The van der Waals surface area contributed by atoms with Crippen molar-refractivity contribution in [1.82, 2.24) is 20.6 Å². The molecule has 0 spiro atoms. The Morgan fingerprint density at radius 2 is 2.12 bits per heavy atom. The van der Waals surface area contributed by atoms with Crippen LogP contribution in [0.25, 0.3) is 6.08 Å². The number of hydrogen-bond acceptors (Lipinski definition) is 6. The van der Waals surface area contributed by atoms with E-state index in [9.17, 15) is 9.59 Å². The number of likely N-dealkylation sites (N-methyl/N-ethyl adjacent to an activating group) is 1. The smallest absolute Gasteiger partial charge is 0.254 e.